The van der Waals surface area contributed by atoms with Crippen molar-refractivity contribution in [3.63, 3.8) is 0 Å². The molecule has 1 aromatic rings. The Balaban J connectivity index is 1.88. The molecule has 36 heavy (non-hydrogen) atoms. The quantitative estimate of drug-likeness (QED) is 0.398. The molecule has 4 rings (SSSR count). The number of benzene rings is 1. The highest BCUT2D eigenvalue weighted by atomic mass is 35.5. The molecular weight excluding hydrogens is 484 g/mol. The van der Waals surface area contributed by atoms with Gasteiger partial charge in [0, 0.05) is 6.54 Å². The molecule has 8 nitrogen and oxygen atoms in total. The number of halogens is 1. The molecule has 1 spiro atoms. The number of aryl methyl sites for hydroxylation is 1. The van der Waals surface area contributed by atoms with Crippen LogP contribution in [0.4, 0.5) is 5.69 Å². The Labute approximate surface area is 217 Å². The topological polar surface area (TPSA) is 96.4 Å². The summed E-state index contributed by atoms with van der Waals surface area (Å²) < 4.78 is 12.0. The average Bonchev–Trinajstić information content (AvgIpc) is 3.40. The standard InChI is InChI=1S/C27H35ClN2O6/c1-6-14-29(21-16(4)10-9-11-18(21)28)24(33)22-27-13-12-26(5,36-27)20(25(34)35-8-3)19(27)23(32)30(22)17(7-2)15-31/h6,9-11,17,19-20,22,31H,1,7-8,12-15H2,2-5H3/t17-,19-,20+,22?,26-,27?/m0/s1. The number of nitrogens with zero attached hydrogens (tertiary/aromatic N) is 2. The van der Waals surface area contributed by atoms with Crippen molar-refractivity contribution in [3.8, 4) is 0 Å². The zero-order valence-corrected chi connectivity index (χ0v) is 22.1. The van der Waals surface area contributed by atoms with Crippen LogP contribution in [0, 0.1) is 18.8 Å². The van der Waals surface area contributed by atoms with Crippen LogP contribution in [0.2, 0.25) is 5.02 Å². The second kappa shape index (κ2) is 9.80. The van der Waals surface area contributed by atoms with Crippen molar-refractivity contribution < 1.29 is 29.0 Å². The first kappa shape index (κ1) is 26.6. The molecule has 0 aliphatic carbocycles. The van der Waals surface area contributed by atoms with Crippen LogP contribution in [-0.2, 0) is 23.9 Å². The third kappa shape index (κ3) is 3.76. The highest BCUT2D eigenvalue weighted by molar-refractivity contribution is 6.34. The van der Waals surface area contributed by atoms with E-state index in [1.807, 2.05) is 32.9 Å². The third-order valence-corrected chi connectivity index (χ3v) is 8.41. The number of carbonyl (C=O) groups excluding carboxylic acids is 3. The van der Waals surface area contributed by atoms with Gasteiger partial charge in [-0.3, -0.25) is 14.4 Å². The van der Waals surface area contributed by atoms with Crippen LogP contribution >= 0.6 is 11.6 Å². The lowest BCUT2D eigenvalue weighted by Crippen LogP contribution is -2.59. The highest BCUT2D eigenvalue weighted by Gasteiger charge is 2.79. The minimum absolute atomic E-state index is 0.164. The van der Waals surface area contributed by atoms with Crippen LogP contribution in [0.1, 0.15) is 45.6 Å². The fraction of sp³-hybridized carbons (Fsp3) is 0.593. The summed E-state index contributed by atoms with van der Waals surface area (Å²) in [6, 6.07) is 3.74. The van der Waals surface area contributed by atoms with Gasteiger partial charge in [-0.15, -0.1) is 6.58 Å². The van der Waals surface area contributed by atoms with E-state index >= 15 is 0 Å². The molecule has 196 valence electrons. The number of para-hydroxylation sites is 1. The number of hydrogen-bond acceptors (Lipinski definition) is 6. The molecule has 2 bridgehead atoms. The molecule has 1 N–H and O–H groups in total. The fourth-order valence-electron chi connectivity index (χ4n) is 6.57. The Hall–Kier alpha value is -2.42. The fourth-order valence-corrected chi connectivity index (χ4v) is 6.90. The maximum absolute atomic E-state index is 14.5. The zero-order valence-electron chi connectivity index (χ0n) is 21.3. The van der Waals surface area contributed by atoms with Crippen molar-refractivity contribution in [2.45, 2.75) is 70.2 Å². The number of amides is 2. The second-order valence-corrected chi connectivity index (χ2v) is 10.5. The largest absolute Gasteiger partial charge is 0.466 e. The molecule has 0 radical (unpaired) electrons. The number of rotatable bonds is 9. The van der Waals surface area contributed by atoms with Crippen molar-refractivity contribution in [1.82, 2.24) is 4.90 Å². The van der Waals surface area contributed by atoms with Crippen LogP contribution in [0.15, 0.2) is 30.9 Å². The molecule has 1 aromatic carbocycles. The van der Waals surface area contributed by atoms with Crippen molar-refractivity contribution in [2.24, 2.45) is 11.8 Å². The van der Waals surface area contributed by atoms with E-state index in [0.717, 1.165) is 5.56 Å². The molecule has 3 heterocycles. The normalized spacial score (nSPS) is 31.3. The van der Waals surface area contributed by atoms with Gasteiger partial charge in [0.1, 0.15) is 17.6 Å². The Morgan fingerprint density at radius 3 is 2.69 bits per heavy atom. The third-order valence-electron chi connectivity index (χ3n) is 8.10. The molecule has 3 aliphatic rings. The number of fused-ring (bicyclic) bond motifs is 1. The lowest BCUT2D eigenvalue weighted by atomic mass is 9.66. The van der Waals surface area contributed by atoms with Crippen molar-refractivity contribution in [3.05, 3.63) is 41.4 Å². The Morgan fingerprint density at radius 1 is 1.39 bits per heavy atom. The van der Waals surface area contributed by atoms with Crippen molar-refractivity contribution in [2.75, 3.05) is 24.7 Å². The lowest BCUT2D eigenvalue weighted by molar-refractivity contribution is -0.160. The minimum atomic E-state index is -1.21. The minimum Gasteiger partial charge on any atom is -0.466 e. The van der Waals surface area contributed by atoms with E-state index in [9.17, 15) is 19.5 Å². The van der Waals surface area contributed by atoms with Crippen LogP contribution in [0.5, 0.6) is 0 Å². The zero-order chi connectivity index (χ0) is 26.4. The summed E-state index contributed by atoms with van der Waals surface area (Å²) in [5, 5.41) is 10.6. The van der Waals surface area contributed by atoms with Gasteiger partial charge in [-0.1, -0.05) is 36.7 Å². The molecule has 6 atom stereocenters. The predicted octanol–water partition coefficient (Wildman–Crippen LogP) is 3.27. The number of hydrogen-bond donors (Lipinski definition) is 1. The molecule has 3 fully saturated rings. The van der Waals surface area contributed by atoms with Gasteiger partial charge < -0.3 is 24.4 Å². The maximum Gasteiger partial charge on any atom is 0.312 e. The highest BCUT2D eigenvalue weighted by Crippen LogP contribution is 2.64. The second-order valence-electron chi connectivity index (χ2n) is 10.1. The number of carbonyl (C=O) groups is 3. The van der Waals surface area contributed by atoms with E-state index in [1.54, 1.807) is 19.1 Å². The number of anilines is 1. The van der Waals surface area contributed by atoms with Crippen LogP contribution in [0.3, 0.4) is 0 Å². The molecule has 0 saturated carbocycles. The summed E-state index contributed by atoms with van der Waals surface area (Å²) in [4.78, 5) is 44.7. The molecular formula is C27H35ClN2O6. The van der Waals surface area contributed by atoms with Crippen LogP contribution in [0.25, 0.3) is 0 Å². The van der Waals surface area contributed by atoms with E-state index in [2.05, 4.69) is 6.58 Å². The molecule has 3 saturated heterocycles. The summed E-state index contributed by atoms with van der Waals surface area (Å²) in [7, 11) is 0. The first-order valence-corrected chi connectivity index (χ1v) is 13.0. The lowest BCUT2D eigenvalue weighted by Gasteiger charge is -2.39. The van der Waals surface area contributed by atoms with Gasteiger partial charge in [0.2, 0.25) is 5.91 Å². The molecule has 2 amide bonds. The molecule has 3 aliphatic heterocycles. The van der Waals surface area contributed by atoms with Crippen molar-refractivity contribution >= 4 is 35.1 Å². The van der Waals surface area contributed by atoms with Gasteiger partial charge in [0.25, 0.3) is 5.91 Å². The summed E-state index contributed by atoms with van der Waals surface area (Å²) in [6.07, 6.45) is 2.99. The number of aliphatic hydroxyl groups is 1. The van der Waals surface area contributed by atoms with E-state index < -0.39 is 41.1 Å². The van der Waals surface area contributed by atoms with Gasteiger partial charge in [0.05, 0.1) is 41.5 Å². The Morgan fingerprint density at radius 2 is 2.11 bits per heavy atom. The number of ether oxygens (including phenoxy) is 2. The monoisotopic (exact) mass is 518 g/mol. The van der Waals surface area contributed by atoms with E-state index in [1.165, 1.54) is 9.80 Å². The predicted molar refractivity (Wildman–Crippen MR) is 136 cm³/mol. The summed E-state index contributed by atoms with van der Waals surface area (Å²) in [5.74, 6) is -2.92. The van der Waals surface area contributed by atoms with Gasteiger partial charge in [-0.25, -0.2) is 0 Å². The number of esters is 1. The van der Waals surface area contributed by atoms with Crippen molar-refractivity contribution in [1.29, 1.82) is 0 Å². The first-order chi connectivity index (χ1) is 17.1. The molecule has 0 aromatic heterocycles. The van der Waals surface area contributed by atoms with Crippen LogP contribution in [-0.4, -0.2) is 70.8 Å². The van der Waals surface area contributed by atoms with Gasteiger partial charge >= 0.3 is 5.97 Å². The van der Waals surface area contributed by atoms with E-state index in [-0.39, 0.29) is 31.6 Å². The number of likely N-dealkylation sites (tertiary alicyclic amines) is 1. The van der Waals surface area contributed by atoms with Gasteiger partial charge in [0.15, 0.2) is 0 Å². The smallest absolute Gasteiger partial charge is 0.312 e. The molecule has 9 heteroatoms. The van der Waals surface area contributed by atoms with E-state index in [0.29, 0.717) is 30.0 Å². The summed E-state index contributed by atoms with van der Waals surface area (Å²) in [6.45, 7) is 11.1. The van der Waals surface area contributed by atoms with Gasteiger partial charge in [-0.05, 0) is 51.7 Å². The number of aliphatic hydroxyl groups excluding tert-OH is 1. The summed E-state index contributed by atoms with van der Waals surface area (Å²) >= 11 is 6.56. The summed E-state index contributed by atoms with van der Waals surface area (Å²) in [5.41, 5.74) is -0.793. The Bertz CT molecular complexity index is 1050. The SMILES string of the molecule is C=CCN(C(=O)C1N([C@@H](CC)CO)C(=O)[C@@H]2[C@H](C(=O)OCC)[C@]3(C)CCC12O3)c1c(C)cccc1Cl. The average molecular weight is 519 g/mol. The first-order valence-electron chi connectivity index (χ1n) is 12.6. The molecule has 2 unspecified atom stereocenters. The Kier molecular flexibility index (Phi) is 7.25. The maximum atomic E-state index is 14.5. The van der Waals surface area contributed by atoms with Crippen LogP contribution < -0.4 is 4.90 Å². The van der Waals surface area contributed by atoms with Gasteiger partial charge in [-0.2, -0.15) is 0 Å². The van der Waals surface area contributed by atoms with E-state index in [4.69, 9.17) is 21.1 Å².